The van der Waals surface area contributed by atoms with E-state index in [2.05, 4.69) is 19.6 Å². The lowest BCUT2D eigenvalue weighted by Gasteiger charge is -2.25. The van der Waals surface area contributed by atoms with Gasteiger partial charge in [-0.3, -0.25) is 4.31 Å². The molecule has 188 valence electrons. The van der Waals surface area contributed by atoms with Crippen molar-refractivity contribution in [2.45, 2.75) is 50.3 Å². The molecule has 0 unspecified atom stereocenters. The first kappa shape index (κ1) is 24.3. The molecule has 0 amide bonds. The van der Waals surface area contributed by atoms with E-state index in [1.54, 1.807) is 12.1 Å². The Hall–Kier alpha value is -2.40. The van der Waals surface area contributed by atoms with Gasteiger partial charge in [0.25, 0.3) is 10.0 Å². The molecule has 0 radical (unpaired) electrons. The fourth-order valence-electron chi connectivity index (χ4n) is 4.40. The van der Waals surface area contributed by atoms with Crippen LogP contribution in [0.5, 0.6) is 5.88 Å². The Bertz CT molecular complexity index is 1320. The summed E-state index contributed by atoms with van der Waals surface area (Å²) in [6, 6.07) is 11.8. The van der Waals surface area contributed by atoms with E-state index >= 15 is 0 Å². The van der Waals surface area contributed by atoms with Gasteiger partial charge in [0.15, 0.2) is 0 Å². The molecule has 10 heteroatoms. The van der Waals surface area contributed by atoms with Gasteiger partial charge >= 0.3 is 0 Å². The van der Waals surface area contributed by atoms with Gasteiger partial charge in [0.1, 0.15) is 24.2 Å². The molecule has 0 saturated carbocycles. The molecule has 4 heterocycles. The number of hydrogen-bond acceptors (Lipinski definition) is 6. The highest BCUT2D eigenvalue weighted by molar-refractivity contribution is 7.92. The molecule has 2 aliphatic rings. The third-order valence-corrected chi connectivity index (χ3v) is 10.1. The lowest BCUT2D eigenvalue weighted by molar-refractivity contribution is 0.0897. The summed E-state index contributed by atoms with van der Waals surface area (Å²) >= 11 is 0. The molecule has 0 spiro atoms. The van der Waals surface area contributed by atoms with Gasteiger partial charge in [-0.2, -0.15) is 4.98 Å². The van der Waals surface area contributed by atoms with Crippen LogP contribution in [0.4, 0.5) is 5.69 Å². The second-order valence-electron chi connectivity index (χ2n) is 10.7. The van der Waals surface area contributed by atoms with Gasteiger partial charge in [0.2, 0.25) is 5.88 Å². The Labute approximate surface area is 207 Å². The maximum Gasteiger partial charge on any atom is 0.264 e. The molecule has 2 aromatic heterocycles. The lowest BCUT2D eigenvalue weighted by Crippen LogP contribution is -2.37. The van der Waals surface area contributed by atoms with E-state index < -0.39 is 18.1 Å². The van der Waals surface area contributed by atoms with E-state index in [-0.39, 0.29) is 23.5 Å². The molecule has 2 aliphatic heterocycles. The fraction of sp³-hybridized carbons (Fsp3) is 0.480. The van der Waals surface area contributed by atoms with Crippen LogP contribution < -0.4 is 9.04 Å². The van der Waals surface area contributed by atoms with Crippen molar-refractivity contribution in [3.8, 4) is 5.88 Å². The van der Waals surface area contributed by atoms with Crippen LogP contribution in [0.25, 0.3) is 11.0 Å². The SMILES string of the molecule is Cc1ccc(S(=O)(=O)N2C[C@H]3COC[C@@H]3Oc3nc4c(ccn4COCC[Si](C)(C)C)cc32)cc1. The number of aryl methyl sites for hydroxylation is 1. The highest BCUT2D eigenvalue weighted by Gasteiger charge is 2.41. The minimum Gasteiger partial charge on any atom is -0.470 e. The normalized spacial score (nSPS) is 20.4. The number of benzene rings is 1. The Morgan fingerprint density at radius 2 is 1.91 bits per heavy atom. The van der Waals surface area contributed by atoms with Gasteiger partial charge in [-0.1, -0.05) is 37.3 Å². The van der Waals surface area contributed by atoms with Crippen LogP contribution >= 0.6 is 0 Å². The number of anilines is 1. The zero-order chi connectivity index (χ0) is 24.8. The molecule has 1 saturated heterocycles. The first-order valence-corrected chi connectivity index (χ1v) is 17.2. The summed E-state index contributed by atoms with van der Waals surface area (Å²) in [5.74, 6) is 0.240. The molecule has 0 aliphatic carbocycles. The van der Waals surface area contributed by atoms with Crippen LogP contribution in [0.2, 0.25) is 25.7 Å². The number of pyridine rings is 1. The van der Waals surface area contributed by atoms with Crippen LogP contribution in [-0.2, 0) is 26.2 Å². The quantitative estimate of drug-likeness (QED) is 0.345. The van der Waals surface area contributed by atoms with Gasteiger partial charge in [-0.25, -0.2) is 8.42 Å². The monoisotopic (exact) mass is 515 g/mol. The third kappa shape index (κ3) is 4.97. The molecule has 2 atom stereocenters. The Kier molecular flexibility index (Phi) is 6.41. The molecule has 8 nitrogen and oxygen atoms in total. The summed E-state index contributed by atoms with van der Waals surface area (Å²) in [4.78, 5) is 5.05. The third-order valence-electron chi connectivity index (χ3n) is 6.59. The second kappa shape index (κ2) is 9.23. The Morgan fingerprint density at radius 3 is 2.66 bits per heavy atom. The van der Waals surface area contributed by atoms with E-state index in [1.807, 2.05) is 42.0 Å². The molecule has 0 bridgehead atoms. The molecule has 35 heavy (non-hydrogen) atoms. The first-order valence-electron chi connectivity index (χ1n) is 12.0. The smallest absolute Gasteiger partial charge is 0.264 e. The molecular weight excluding hydrogens is 482 g/mol. The zero-order valence-electron chi connectivity index (χ0n) is 20.7. The summed E-state index contributed by atoms with van der Waals surface area (Å²) in [6.07, 6.45) is 1.68. The molecule has 5 rings (SSSR count). The summed E-state index contributed by atoms with van der Waals surface area (Å²) in [5.41, 5.74) is 2.18. The minimum atomic E-state index is -3.82. The molecule has 3 aromatic rings. The van der Waals surface area contributed by atoms with Crippen molar-refractivity contribution in [1.29, 1.82) is 0 Å². The maximum atomic E-state index is 13.8. The highest BCUT2D eigenvalue weighted by Crippen LogP contribution is 2.40. The van der Waals surface area contributed by atoms with E-state index in [9.17, 15) is 8.42 Å². The number of sulfonamides is 1. The lowest BCUT2D eigenvalue weighted by atomic mass is 10.1. The Morgan fingerprint density at radius 1 is 1.14 bits per heavy atom. The predicted octanol–water partition coefficient (Wildman–Crippen LogP) is 4.26. The number of nitrogens with zero attached hydrogens (tertiary/aromatic N) is 3. The van der Waals surface area contributed by atoms with Gasteiger partial charge in [-0.15, -0.1) is 0 Å². The van der Waals surface area contributed by atoms with Crippen LogP contribution in [0, 0.1) is 12.8 Å². The van der Waals surface area contributed by atoms with Crippen molar-refractivity contribution >= 4 is 34.8 Å². The largest absolute Gasteiger partial charge is 0.470 e. The van der Waals surface area contributed by atoms with E-state index in [1.165, 1.54) is 4.31 Å². The number of fused-ring (bicyclic) bond motifs is 3. The van der Waals surface area contributed by atoms with Crippen LogP contribution in [0.3, 0.4) is 0 Å². The average Bonchev–Trinajstić information content (AvgIpc) is 3.37. The minimum absolute atomic E-state index is 0.0733. The van der Waals surface area contributed by atoms with Crippen molar-refractivity contribution in [1.82, 2.24) is 9.55 Å². The van der Waals surface area contributed by atoms with E-state index in [4.69, 9.17) is 19.2 Å². The number of aromatic nitrogens is 2. The average molecular weight is 516 g/mol. The fourth-order valence-corrected chi connectivity index (χ4v) is 6.66. The van der Waals surface area contributed by atoms with E-state index in [0.29, 0.717) is 43.8 Å². The van der Waals surface area contributed by atoms with Gasteiger partial charge in [0, 0.05) is 38.7 Å². The molecular formula is C25H33N3O5SSi. The highest BCUT2D eigenvalue weighted by atomic mass is 32.2. The molecule has 0 N–H and O–H groups in total. The first-order chi connectivity index (χ1) is 16.6. The van der Waals surface area contributed by atoms with Crippen LogP contribution in [0.15, 0.2) is 47.5 Å². The van der Waals surface area contributed by atoms with Crippen LogP contribution in [-0.4, -0.2) is 58.5 Å². The van der Waals surface area contributed by atoms with E-state index in [0.717, 1.165) is 17.0 Å². The summed E-state index contributed by atoms with van der Waals surface area (Å²) in [6.45, 7) is 11.2. The topological polar surface area (TPSA) is 82.9 Å². The van der Waals surface area contributed by atoms with Gasteiger partial charge in [0.05, 0.1) is 18.1 Å². The van der Waals surface area contributed by atoms with Gasteiger partial charge in [-0.05, 0) is 37.2 Å². The van der Waals surface area contributed by atoms with Gasteiger partial charge < -0.3 is 18.8 Å². The number of ether oxygens (including phenoxy) is 3. The zero-order valence-corrected chi connectivity index (χ0v) is 22.5. The van der Waals surface area contributed by atoms with Crippen molar-refractivity contribution in [3.05, 3.63) is 48.2 Å². The predicted molar refractivity (Wildman–Crippen MR) is 138 cm³/mol. The van der Waals surface area contributed by atoms with Crippen molar-refractivity contribution in [2.75, 3.05) is 30.7 Å². The number of rotatable bonds is 7. The summed E-state index contributed by atoms with van der Waals surface area (Å²) in [5, 5.41) is 0.841. The maximum absolute atomic E-state index is 13.8. The van der Waals surface area contributed by atoms with Crippen molar-refractivity contribution in [2.24, 2.45) is 5.92 Å². The molecule has 1 aromatic carbocycles. The standard InChI is InChI=1S/C25H33N3O5SSi/c1-18-5-7-21(8-6-18)34(29,30)28-14-20-15-32-16-23(20)33-25-22(28)13-19-9-10-27(24(19)26-25)17-31-11-12-35(2,3)4/h5-10,13,20,23H,11-12,14-17H2,1-4H3/t20-,23-/m0/s1. The summed E-state index contributed by atoms with van der Waals surface area (Å²) in [7, 11) is -4.99. The number of hydrogen-bond donors (Lipinski definition) is 0. The summed E-state index contributed by atoms with van der Waals surface area (Å²) < 4.78 is 48.8. The van der Waals surface area contributed by atoms with Crippen LogP contribution in [0.1, 0.15) is 5.56 Å². The van der Waals surface area contributed by atoms with Crippen molar-refractivity contribution in [3.63, 3.8) is 0 Å². The Balaban J connectivity index is 1.51. The molecule has 1 fully saturated rings. The van der Waals surface area contributed by atoms with Crippen molar-refractivity contribution < 1.29 is 22.6 Å². The second-order valence-corrected chi connectivity index (χ2v) is 18.1.